The van der Waals surface area contributed by atoms with Crippen molar-refractivity contribution < 1.29 is 24.2 Å². The minimum Gasteiger partial charge on any atom is -0.478 e. The molecule has 0 radical (unpaired) electrons. The van der Waals surface area contributed by atoms with Crippen molar-refractivity contribution in [2.45, 2.75) is 20.8 Å². The summed E-state index contributed by atoms with van der Waals surface area (Å²) in [7, 11) is 0. The Balaban J connectivity index is 4.67. The van der Waals surface area contributed by atoms with Crippen molar-refractivity contribution in [3.05, 3.63) is 35.5 Å². The molecule has 0 aliphatic carbocycles. The van der Waals surface area contributed by atoms with Crippen molar-refractivity contribution in [2.75, 3.05) is 0 Å². The fourth-order valence-electron chi connectivity index (χ4n) is 0.641. The van der Waals surface area contributed by atoms with Gasteiger partial charge in [0, 0.05) is 16.7 Å². The maximum Gasteiger partial charge on any atom is 0.341 e. The standard InChI is InChI=1S/C12H14O5/c1-7(2)11(15)17-12(16)9(4)6-5-8(3)10(13)14/h5-6H,1H2,2-4H3,(H,13,14). The Morgan fingerprint density at radius 2 is 1.47 bits per heavy atom. The van der Waals surface area contributed by atoms with Crippen LogP contribution in [0.2, 0.25) is 0 Å². The highest BCUT2D eigenvalue weighted by molar-refractivity contribution is 6.01. The summed E-state index contributed by atoms with van der Waals surface area (Å²) < 4.78 is 4.44. The lowest BCUT2D eigenvalue weighted by atomic mass is 10.2. The molecule has 0 heterocycles. The van der Waals surface area contributed by atoms with E-state index in [1.165, 1.54) is 32.9 Å². The van der Waals surface area contributed by atoms with Gasteiger partial charge in [0.15, 0.2) is 0 Å². The maximum atomic E-state index is 11.3. The summed E-state index contributed by atoms with van der Waals surface area (Å²) >= 11 is 0. The second-order valence-corrected chi connectivity index (χ2v) is 3.46. The highest BCUT2D eigenvalue weighted by atomic mass is 16.6. The number of carbonyl (C=O) groups is 3. The van der Waals surface area contributed by atoms with Crippen LogP contribution in [0.1, 0.15) is 20.8 Å². The number of carboxylic acids is 1. The van der Waals surface area contributed by atoms with Gasteiger partial charge in [-0.3, -0.25) is 0 Å². The van der Waals surface area contributed by atoms with Gasteiger partial charge in [-0.05, 0) is 20.8 Å². The lowest BCUT2D eigenvalue weighted by molar-refractivity contribution is -0.154. The molecule has 0 fully saturated rings. The first kappa shape index (κ1) is 14.8. The lowest BCUT2D eigenvalue weighted by Gasteiger charge is -2.01. The Hall–Kier alpha value is -2.17. The molecule has 5 nitrogen and oxygen atoms in total. The monoisotopic (exact) mass is 238 g/mol. The van der Waals surface area contributed by atoms with Gasteiger partial charge in [0.2, 0.25) is 0 Å². The van der Waals surface area contributed by atoms with Gasteiger partial charge in [-0.2, -0.15) is 0 Å². The van der Waals surface area contributed by atoms with E-state index in [-0.39, 0.29) is 16.7 Å². The summed E-state index contributed by atoms with van der Waals surface area (Å²) in [5.74, 6) is -2.71. The second kappa shape index (κ2) is 6.42. The first-order valence-electron chi connectivity index (χ1n) is 4.76. The van der Waals surface area contributed by atoms with Crippen molar-refractivity contribution in [1.82, 2.24) is 0 Å². The average molecular weight is 238 g/mol. The lowest BCUT2D eigenvalue weighted by Crippen LogP contribution is -2.13. The van der Waals surface area contributed by atoms with Crippen molar-refractivity contribution in [3.63, 3.8) is 0 Å². The third kappa shape index (κ3) is 5.46. The van der Waals surface area contributed by atoms with E-state index in [2.05, 4.69) is 11.3 Å². The molecule has 0 spiro atoms. The van der Waals surface area contributed by atoms with Crippen molar-refractivity contribution >= 4 is 17.9 Å². The molecule has 0 aromatic heterocycles. The SMILES string of the molecule is C=C(C)C(=O)OC(=O)C(C)=CC=C(C)C(=O)O. The zero-order valence-corrected chi connectivity index (χ0v) is 9.94. The minimum atomic E-state index is -1.08. The van der Waals surface area contributed by atoms with E-state index in [0.29, 0.717) is 0 Å². The van der Waals surface area contributed by atoms with Crippen LogP contribution in [0.5, 0.6) is 0 Å². The van der Waals surface area contributed by atoms with Gasteiger partial charge in [0.25, 0.3) is 0 Å². The predicted octanol–water partition coefficient (Wildman–Crippen LogP) is 1.61. The molecule has 0 aromatic carbocycles. The Kier molecular flexibility index (Phi) is 5.60. The quantitative estimate of drug-likeness (QED) is 0.348. The van der Waals surface area contributed by atoms with E-state index in [0.717, 1.165) is 0 Å². The number of carbonyl (C=O) groups excluding carboxylic acids is 2. The third-order valence-corrected chi connectivity index (χ3v) is 1.78. The smallest absolute Gasteiger partial charge is 0.341 e. The third-order valence-electron chi connectivity index (χ3n) is 1.78. The van der Waals surface area contributed by atoms with Crippen molar-refractivity contribution in [3.8, 4) is 0 Å². The molecular formula is C12H14O5. The van der Waals surface area contributed by atoms with Crippen LogP contribution >= 0.6 is 0 Å². The normalized spacial score (nSPS) is 11.9. The van der Waals surface area contributed by atoms with E-state index in [1.54, 1.807) is 0 Å². The first-order valence-corrected chi connectivity index (χ1v) is 4.76. The van der Waals surface area contributed by atoms with Gasteiger partial charge in [-0.15, -0.1) is 0 Å². The molecule has 0 saturated carbocycles. The molecular weight excluding hydrogens is 224 g/mol. The van der Waals surface area contributed by atoms with Crippen LogP contribution in [-0.4, -0.2) is 23.0 Å². The summed E-state index contributed by atoms with van der Waals surface area (Å²) in [6.45, 7) is 7.55. The number of rotatable bonds is 4. The fraction of sp³-hybridized carbons (Fsp3) is 0.250. The molecule has 0 atom stereocenters. The summed E-state index contributed by atoms with van der Waals surface area (Å²) in [6.07, 6.45) is 2.53. The topological polar surface area (TPSA) is 80.7 Å². The molecule has 0 aromatic rings. The number of hydrogen-bond acceptors (Lipinski definition) is 4. The van der Waals surface area contributed by atoms with Crippen molar-refractivity contribution in [2.24, 2.45) is 0 Å². The number of allylic oxidation sites excluding steroid dienone is 2. The Labute approximate surface area is 99.1 Å². The van der Waals surface area contributed by atoms with Crippen molar-refractivity contribution in [1.29, 1.82) is 0 Å². The van der Waals surface area contributed by atoms with Crippen LogP contribution < -0.4 is 0 Å². The number of aliphatic carboxylic acids is 1. The van der Waals surface area contributed by atoms with Crippen LogP contribution in [0.25, 0.3) is 0 Å². The van der Waals surface area contributed by atoms with E-state index >= 15 is 0 Å². The maximum absolute atomic E-state index is 11.3. The van der Waals surface area contributed by atoms with Crippen LogP contribution in [-0.2, 0) is 19.1 Å². The van der Waals surface area contributed by atoms with Gasteiger partial charge >= 0.3 is 17.9 Å². The molecule has 0 aliphatic rings. The molecule has 0 amide bonds. The van der Waals surface area contributed by atoms with E-state index < -0.39 is 17.9 Å². The Morgan fingerprint density at radius 3 is 1.88 bits per heavy atom. The van der Waals surface area contributed by atoms with Gasteiger partial charge in [-0.25, -0.2) is 14.4 Å². The number of hydrogen-bond donors (Lipinski definition) is 1. The van der Waals surface area contributed by atoms with Crippen LogP contribution in [0, 0.1) is 0 Å². The molecule has 0 bridgehead atoms. The molecule has 0 rings (SSSR count). The number of esters is 2. The predicted molar refractivity (Wildman–Crippen MR) is 61.1 cm³/mol. The molecule has 92 valence electrons. The molecule has 0 unspecified atom stereocenters. The van der Waals surface area contributed by atoms with Gasteiger partial charge in [-0.1, -0.05) is 18.7 Å². The van der Waals surface area contributed by atoms with Gasteiger partial charge < -0.3 is 9.84 Å². The largest absolute Gasteiger partial charge is 0.478 e. The molecule has 1 N–H and O–H groups in total. The summed E-state index contributed by atoms with van der Waals surface area (Å²) in [5.41, 5.74) is 0.312. The Morgan fingerprint density at radius 1 is 1.00 bits per heavy atom. The van der Waals surface area contributed by atoms with Crippen LogP contribution in [0.15, 0.2) is 35.5 Å². The van der Waals surface area contributed by atoms with E-state index in [1.807, 2.05) is 0 Å². The van der Waals surface area contributed by atoms with Gasteiger partial charge in [0.1, 0.15) is 0 Å². The fourth-order valence-corrected chi connectivity index (χ4v) is 0.641. The van der Waals surface area contributed by atoms with Crippen LogP contribution in [0.3, 0.4) is 0 Å². The summed E-state index contributed by atoms with van der Waals surface area (Å²) in [6, 6.07) is 0. The zero-order valence-electron chi connectivity index (χ0n) is 9.94. The summed E-state index contributed by atoms with van der Waals surface area (Å²) in [5, 5.41) is 8.57. The van der Waals surface area contributed by atoms with Gasteiger partial charge in [0.05, 0.1) is 0 Å². The van der Waals surface area contributed by atoms with Crippen LogP contribution in [0.4, 0.5) is 0 Å². The highest BCUT2D eigenvalue weighted by Gasteiger charge is 2.12. The minimum absolute atomic E-state index is 0.0726. The first-order chi connectivity index (χ1) is 7.75. The number of ether oxygens (including phenoxy) is 1. The summed E-state index contributed by atoms with van der Waals surface area (Å²) in [4.78, 5) is 32.8. The number of carboxylic acid groups (broad SMARTS) is 1. The highest BCUT2D eigenvalue weighted by Crippen LogP contribution is 2.02. The second-order valence-electron chi connectivity index (χ2n) is 3.46. The van der Waals surface area contributed by atoms with E-state index in [9.17, 15) is 14.4 Å². The Bertz CT molecular complexity index is 426. The molecule has 0 aliphatic heterocycles. The average Bonchev–Trinajstić information content (AvgIpc) is 2.24. The molecule has 17 heavy (non-hydrogen) atoms. The molecule has 0 saturated heterocycles. The van der Waals surface area contributed by atoms with E-state index in [4.69, 9.17) is 5.11 Å². The molecule has 5 heteroatoms. The zero-order chi connectivity index (χ0) is 13.6.